The maximum absolute atomic E-state index is 13.4. The number of likely N-dealkylation sites (N-methyl/N-ethyl adjacent to an activating group) is 3. The van der Waals surface area contributed by atoms with E-state index < -0.39 is 72.1 Å². The quantitative estimate of drug-likeness (QED) is 0.334. The van der Waals surface area contributed by atoms with Crippen LogP contribution in [0.2, 0.25) is 0 Å². The Labute approximate surface area is 250 Å². The van der Waals surface area contributed by atoms with Crippen LogP contribution < -0.4 is 0 Å². The Balaban J connectivity index is 3.71. The molecule has 12 nitrogen and oxygen atoms in total. The molecule has 3 unspecified atom stereocenters. The maximum Gasteiger partial charge on any atom is 0.329 e. The van der Waals surface area contributed by atoms with Crippen molar-refractivity contribution in [2.45, 2.75) is 118 Å². The lowest BCUT2D eigenvalue weighted by molar-refractivity contribution is -0.177. The lowest BCUT2D eigenvalue weighted by Gasteiger charge is -2.37. The Morgan fingerprint density at radius 1 is 0.500 bits per heavy atom. The topological polar surface area (TPSA) is 140 Å². The minimum atomic E-state index is -1.28. The third kappa shape index (κ3) is 8.44. The van der Waals surface area contributed by atoms with Gasteiger partial charge in [0, 0.05) is 21.1 Å². The number of hydrogen-bond acceptors (Lipinski definition) is 9. The summed E-state index contributed by atoms with van der Waals surface area (Å²) in [5.41, 5.74) is 0. The lowest BCUT2D eigenvalue weighted by atomic mass is 9.96. The molecular formula is C30H51N3O9. The summed E-state index contributed by atoms with van der Waals surface area (Å²) >= 11 is 0. The van der Waals surface area contributed by atoms with Crippen molar-refractivity contribution in [2.75, 3.05) is 21.1 Å². The van der Waals surface area contributed by atoms with Crippen molar-refractivity contribution in [3.05, 3.63) is 0 Å². The van der Waals surface area contributed by atoms with Crippen molar-refractivity contribution in [3.63, 3.8) is 0 Å². The van der Waals surface area contributed by atoms with Gasteiger partial charge in [-0.2, -0.15) is 0 Å². The Hall–Kier alpha value is -3.18. The van der Waals surface area contributed by atoms with Gasteiger partial charge in [0.05, 0.1) is 0 Å². The molecule has 240 valence electrons. The molecule has 0 aliphatic carbocycles. The first-order valence-electron chi connectivity index (χ1n) is 14.9. The zero-order valence-corrected chi connectivity index (χ0v) is 27.3. The number of rotatable bonds is 6. The molecule has 1 aliphatic heterocycles. The highest BCUT2D eigenvalue weighted by atomic mass is 16.6. The van der Waals surface area contributed by atoms with E-state index in [0.717, 1.165) is 0 Å². The molecule has 0 bridgehead atoms. The first kappa shape index (κ1) is 36.8. The van der Waals surface area contributed by atoms with Crippen LogP contribution in [0.25, 0.3) is 0 Å². The average Bonchev–Trinajstić information content (AvgIpc) is 2.94. The van der Waals surface area contributed by atoms with Crippen LogP contribution in [0.4, 0.5) is 0 Å². The maximum atomic E-state index is 13.4. The molecule has 0 aromatic heterocycles. The van der Waals surface area contributed by atoms with Gasteiger partial charge < -0.3 is 28.9 Å². The molecule has 0 spiro atoms. The summed E-state index contributed by atoms with van der Waals surface area (Å²) < 4.78 is 16.7. The predicted molar refractivity (Wildman–Crippen MR) is 155 cm³/mol. The molecule has 0 radical (unpaired) electrons. The summed E-state index contributed by atoms with van der Waals surface area (Å²) in [5, 5.41) is 0. The minimum Gasteiger partial charge on any atom is -0.451 e. The summed E-state index contributed by atoms with van der Waals surface area (Å²) in [6, 6.07) is -3.23. The highest BCUT2D eigenvalue weighted by molar-refractivity contribution is 5.93. The number of carbonyl (C=O) groups is 6. The van der Waals surface area contributed by atoms with Crippen LogP contribution in [-0.2, 0) is 43.0 Å². The van der Waals surface area contributed by atoms with Crippen LogP contribution in [0.5, 0.6) is 0 Å². The third-order valence-electron chi connectivity index (χ3n) is 8.49. The fourth-order valence-corrected chi connectivity index (χ4v) is 5.14. The van der Waals surface area contributed by atoms with Gasteiger partial charge >= 0.3 is 17.9 Å². The van der Waals surface area contributed by atoms with E-state index in [1.807, 2.05) is 20.8 Å². The largest absolute Gasteiger partial charge is 0.451 e. The molecule has 1 aliphatic rings. The fraction of sp³-hybridized carbons (Fsp3) is 0.800. The van der Waals surface area contributed by atoms with Crippen LogP contribution >= 0.6 is 0 Å². The monoisotopic (exact) mass is 597 g/mol. The van der Waals surface area contributed by atoms with E-state index in [2.05, 4.69) is 0 Å². The lowest BCUT2D eigenvalue weighted by Crippen LogP contribution is -2.56. The molecule has 42 heavy (non-hydrogen) atoms. The third-order valence-corrected chi connectivity index (χ3v) is 8.49. The van der Waals surface area contributed by atoms with E-state index in [-0.39, 0.29) is 17.8 Å². The van der Waals surface area contributed by atoms with Crippen molar-refractivity contribution >= 4 is 35.6 Å². The van der Waals surface area contributed by atoms with Gasteiger partial charge in [0.2, 0.25) is 0 Å². The van der Waals surface area contributed by atoms with Gasteiger partial charge in [-0.15, -0.1) is 0 Å². The second kappa shape index (κ2) is 15.9. The number of esters is 3. The van der Waals surface area contributed by atoms with Crippen LogP contribution in [0.3, 0.4) is 0 Å². The van der Waals surface area contributed by atoms with Crippen LogP contribution in [0.1, 0.15) is 81.6 Å². The number of hydrogen-bond donors (Lipinski definition) is 0. The van der Waals surface area contributed by atoms with Gasteiger partial charge in [0.25, 0.3) is 17.7 Å². The Morgan fingerprint density at radius 3 is 0.857 bits per heavy atom. The van der Waals surface area contributed by atoms with Crippen LogP contribution in [-0.4, -0.2) is 108 Å². The zero-order chi connectivity index (χ0) is 32.6. The predicted octanol–water partition coefficient (Wildman–Crippen LogP) is 2.41. The fourth-order valence-electron chi connectivity index (χ4n) is 5.14. The Morgan fingerprint density at radius 2 is 0.690 bits per heavy atom. The molecule has 0 aromatic rings. The molecule has 0 saturated carbocycles. The van der Waals surface area contributed by atoms with Gasteiger partial charge in [-0.3, -0.25) is 14.4 Å². The zero-order valence-electron chi connectivity index (χ0n) is 27.3. The van der Waals surface area contributed by atoms with Crippen molar-refractivity contribution in [3.8, 4) is 0 Å². The number of amides is 3. The molecule has 0 N–H and O–H groups in total. The first-order chi connectivity index (χ1) is 19.5. The van der Waals surface area contributed by atoms with E-state index in [1.165, 1.54) is 56.6 Å². The van der Waals surface area contributed by atoms with E-state index in [4.69, 9.17) is 14.2 Å². The van der Waals surface area contributed by atoms with E-state index in [1.54, 1.807) is 20.8 Å². The number of carbonyl (C=O) groups excluding carboxylic acids is 6. The second-order valence-corrected chi connectivity index (χ2v) is 11.6. The molecule has 1 saturated heterocycles. The summed E-state index contributed by atoms with van der Waals surface area (Å²) in [7, 11) is 4.25. The van der Waals surface area contributed by atoms with Crippen LogP contribution in [0.15, 0.2) is 0 Å². The second-order valence-electron chi connectivity index (χ2n) is 11.6. The first-order valence-corrected chi connectivity index (χ1v) is 14.9. The van der Waals surface area contributed by atoms with E-state index in [0.29, 0.717) is 19.3 Å². The molecule has 3 amide bonds. The summed E-state index contributed by atoms with van der Waals surface area (Å²) in [4.78, 5) is 84.0. The summed E-state index contributed by atoms with van der Waals surface area (Å²) in [5.74, 6) is -5.39. The van der Waals surface area contributed by atoms with Crippen molar-refractivity contribution in [2.24, 2.45) is 17.8 Å². The Kier molecular flexibility index (Phi) is 13.9. The number of cyclic esters (lactones) is 3. The SMILES string of the molecule is CCC(C)[C@H]1C(=O)O[C@H](C)C(=O)N(C)[C@@H](C(C)CC)C(=O)O[C@H](C)C(=O)N(C)[C@@H](C(C)CC)C(=O)O[C@H](C)C(=O)N1C. The van der Waals surface area contributed by atoms with Crippen LogP contribution in [0, 0.1) is 17.8 Å². The van der Waals surface area contributed by atoms with Crippen molar-refractivity contribution in [1.82, 2.24) is 14.7 Å². The summed E-state index contributed by atoms with van der Waals surface area (Å²) in [6.45, 7) is 15.0. The smallest absolute Gasteiger partial charge is 0.329 e. The molecule has 12 heteroatoms. The average molecular weight is 598 g/mol. The summed E-state index contributed by atoms with van der Waals surface area (Å²) in [6.07, 6.45) is -2.32. The van der Waals surface area contributed by atoms with E-state index in [9.17, 15) is 28.8 Å². The number of nitrogens with zero attached hydrogens (tertiary/aromatic N) is 3. The van der Waals surface area contributed by atoms with Crippen molar-refractivity contribution < 1.29 is 43.0 Å². The molecule has 0 aromatic carbocycles. The highest BCUT2D eigenvalue weighted by Gasteiger charge is 2.42. The normalized spacial score (nSPS) is 30.1. The Bertz CT molecular complexity index is 879. The van der Waals surface area contributed by atoms with Gasteiger partial charge in [0.1, 0.15) is 18.1 Å². The number of ether oxygens (including phenoxy) is 3. The minimum absolute atomic E-state index is 0.360. The van der Waals surface area contributed by atoms with Gasteiger partial charge in [-0.05, 0) is 38.5 Å². The van der Waals surface area contributed by atoms with Gasteiger partial charge in [0.15, 0.2) is 18.3 Å². The van der Waals surface area contributed by atoms with E-state index >= 15 is 0 Å². The highest BCUT2D eigenvalue weighted by Crippen LogP contribution is 2.23. The standard InChI is InChI=1S/C30H51N3O9/c1-13-16(4)22-28(37)40-20(8)26(35)32(11)24(18(6)15-3)30(39)42-21(9)27(36)33(12)23(17(5)14-2)29(38)41-19(7)25(34)31(22)10/h16-24H,13-15H2,1-12H3/t16?,17?,18?,19-,20-,21-,22+,23+,24+/m1/s1. The molecule has 9 atom stereocenters. The van der Waals surface area contributed by atoms with Crippen molar-refractivity contribution in [1.29, 1.82) is 0 Å². The molecule has 1 heterocycles. The molecular weight excluding hydrogens is 546 g/mol. The van der Waals surface area contributed by atoms with Gasteiger partial charge in [-0.1, -0.05) is 60.8 Å². The molecule has 1 fully saturated rings. The molecule has 1 rings (SSSR count). The van der Waals surface area contributed by atoms with Gasteiger partial charge in [-0.25, -0.2) is 14.4 Å².